The third-order valence-corrected chi connectivity index (χ3v) is 4.36. The lowest BCUT2D eigenvalue weighted by molar-refractivity contribution is 0.588. The molecule has 112 valence electrons. The van der Waals surface area contributed by atoms with Crippen LogP contribution in [0.1, 0.15) is 30.5 Å². The fraction of sp³-hybridized carbons (Fsp3) is 0.333. The summed E-state index contributed by atoms with van der Waals surface area (Å²) in [6.45, 7) is 7.19. The summed E-state index contributed by atoms with van der Waals surface area (Å²) < 4.78 is 13.3. The Morgan fingerprint density at radius 3 is 2.71 bits per heavy atom. The summed E-state index contributed by atoms with van der Waals surface area (Å²) in [6, 6.07) is 14.0. The van der Waals surface area contributed by atoms with Crippen molar-refractivity contribution < 1.29 is 4.39 Å². The Hall–Kier alpha value is -1.32. The zero-order chi connectivity index (χ0) is 15.2. The number of aryl methyl sites for hydroxylation is 1. The molecular formula is C18H22FNS. The van der Waals surface area contributed by atoms with E-state index in [1.807, 2.05) is 13.0 Å². The number of rotatable bonds is 6. The van der Waals surface area contributed by atoms with E-state index in [4.69, 9.17) is 0 Å². The van der Waals surface area contributed by atoms with E-state index < -0.39 is 0 Å². The summed E-state index contributed by atoms with van der Waals surface area (Å²) in [4.78, 5) is 1.22. The highest BCUT2D eigenvalue weighted by atomic mass is 32.2. The molecule has 0 bridgehead atoms. The van der Waals surface area contributed by atoms with Gasteiger partial charge in [-0.1, -0.05) is 32.0 Å². The smallest absolute Gasteiger partial charge is 0.123 e. The monoisotopic (exact) mass is 303 g/mol. The number of hydrogen-bond donors (Lipinski definition) is 1. The molecule has 2 aromatic carbocycles. The van der Waals surface area contributed by atoms with Gasteiger partial charge in [0.15, 0.2) is 0 Å². The lowest BCUT2D eigenvalue weighted by atomic mass is 10.1. The van der Waals surface area contributed by atoms with Gasteiger partial charge in [0.1, 0.15) is 5.82 Å². The zero-order valence-electron chi connectivity index (χ0n) is 12.8. The van der Waals surface area contributed by atoms with E-state index in [1.54, 1.807) is 17.8 Å². The molecule has 3 heteroatoms. The Kier molecular flexibility index (Phi) is 5.83. The predicted octanol–water partition coefficient (Wildman–Crippen LogP) is 4.92. The summed E-state index contributed by atoms with van der Waals surface area (Å²) >= 11 is 1.75. The topological polar surface area (TPSA) is 12.0 Å². The first-order valence-electron chi connectivity index (χ1n) is 7.25. The van der Waals surface area contributed by atoms with Crippen LogP contribution in [0.3, 0.4) is 0 Å². The fourth-order valence-corrected chi connectivity index (χ4v) is 3.07. The normalized spacial score (nSPS) is 11.1. The standard InChI is InChI=1S/C18H22FNS/c1-13(2)20-11-15-5-4-6-18(9-15)21-12-16-10-17(19)8-7-14(16)3/h4-10,13,20H,11-12H2,1-3H3. The first-order valence-corrected chi connectivity index (χ1v) is 8.23. The Bertz CT molecular complexity index is 596. The molecule has 0 spiro atoms. The van der Waals surface area contributed by atoms with Crippen LogP contribution < -0.4 is 5.32 Å². The van der Waals surface area contributed by atoms with Crippen LogP contribution in [0.15, 0.2) is 47.4 Å². The van der Waals surface area contributed by atoms with Crippen LogP contribution in [-0.2, 0) is 12.3 Å². The van der Waals surface area contributed by atoms with Crippen molar-refractivity contribution in [2.45, 2.75) is 44.0 Å². The van der Waals surface area contributed by atoms with Crippen molar-refractivity contribution in [1.29, 1.82) is 0 Å². The summed E-state index contributed by atoms with van der Waals surface area (Å²) in [7, 11) is 0. The maximum Gasteiger partial charge on any atom is 0.123 e. The Labute approximate surface area is 131 Å². The van der Waals surface area contributed by atoms with Gasteiger partial charge in [-0.05, 0) is 47.9 Å². The lowest BCUT2D eigenvalue weighted by Gasteiger charge is -2.10. The van der Waals surface area contributed by atoms with Gasteiger partial charge in [-0.15, -0.1) is 11.8 Å². The molecule has 0 saturated heterocycles. The van der Waals surface area contributed by atoms with Crippen LogP contribution in [0.25, 0.3) is 0 Å². The number of benzene rings is 2. The SMILES string of the molecule is Cc1ccc(F)cc1CSc1cccc(CNC(C)C)c1. The van der Waals surface area contributed by atoms with Crippen LogP contribution in [-0.4, -0.2) is 6.04 Å². The molecule has 2 aromatic rings. The summed E-state index contributed by atoms with van der Waals surface area (Å²) in [5.41, 5.74) is 3.48. The molecule has 0 aliphatic carbocycles. The number of nitrogens with one attached hydrogen (secondary N) is 1. The molecule has 0 aromatic heterocycles. The number of thioether (sulfide) groups is 1. The molecule has 0 fully saturated rings. The summed E-state index contributed by atoms with van der Waals surface area (Å²) in [5.74, 6) is 0.635. The van der Waals surface area contributed by atoms with Crippen molar-refractivity contribution in [2.24, 2.45) is 0 Å². The second kappa shape index (κ2) is 7.62. The molecule has 1 nitrogen and oxygen atoms in total. The predicted molar refractivity (Wildman–Crippen MR) is 89.1 cm³/mol. The van der Waals surface area contributed by atoms with Gasteiger partial charge in [0, 0.05) is 23.2 Å². The molecule has 0 aliphatic heterocycles. The van der Waals surface area contributed by atoms with Crippen molar-refractivity contribution >= 4 is 11.8 Å². The van der Waals surface area contributed by atoms with E-state index in [2.05, 4.69) is 43.4 Å². The molecule has 0 unspecified atom stereocenters. The minimum Gasteiger partial charge on any atom is -0.310 e. The van der Waals surface area contributed by atoms with Crippen LogP contribution in [0.5, 0.6) is 0 Å². The highest BCUT2D eigenvalue weighted by Gasteiger charge is 2.03. The van der Waals surface area contributed by atoms with Gasteiger partial charge in [0.25, 0.3) is 0 Å². The van der Waals surface area contributed by atoms with E-state index in [1.165, 1.54) is 16.5 Å². The molecule has 2 rings (SSSR count). The number of hydrogen-bond acceptors (Lipinski definition) is 2. The average Bonchev–Trinajstić information content (AvgIpc) is 2.46. The lowest BCUT2D eigenvalue weighted by Crippen LogP contribution is -2.21. The van der Waals surface area contributed by atoms with Crippen LogP contribution >= 0.6 is 11.8 Å². The zero-order valence-corrected chi connectivity index (χ0v) is 13.6. The quantitative estimate of drug-likeness (QED) is 0.760. The van der Waals surface area contributed by atoms with Crippen molar-refractivity contribution in [2.75, 3.05) is 0 Å². The van der Waals surface area contributed by atoms with Crippen LogP contribution in [0.4, 0.5) is 4.39 Å². The molecule has 0 saturated carbocycles. The Morgan fingerprint density at radius 2 is 1.95 bits per heavy atom. The first kappa shape index (κ1) is 16.1. The first-order chi connectivity index (χ1) is 10.0. The van der Waals surface area contributed by atoms with E-state index in [0.717, 1.165) is 23.4 Å². The average molecular weight is 303 g/mol. The van der Waals surface area contributed by atoms with Gasteiger partial charge in [-0.25, -0.2) is 4.39 Å². The Balaban J connectivity index is 1.99. The highest BCUT2D eigenvalue weighted by Crippen LogP contribution is 2.25. The molecule has 1 N–H and O–H groups in total. The van der Waals surface area contributed by atoms with E-state index in [9.17, 15) is 4.39 Å². The molecular weight excluding hydrogens is 281 g/mol. The van der Waals surface area contributed by atoms with Crippen molar-refractivity contribution in [1.82, 2.24) is 5.32 Å². The molecule has 21 heavy (non-hydrogen) atoms. The third-order valence-electron chi connectivity index (χ3n) is 3.32. The van der Waals surface area contributed by atoms with Gasteiger partial charge in [-0.3, -0.25) is 0 Å². The molecule has 0 aliphatic rings. The fourth-order valence-electron chi connectivity index (χ4n) is 2.02. The van der Waals surface area contributed by atoms with Crippen LogP contribution in [0, 0.1) is 12.7 Å². The van der Waals surface area contributed by atoms with E-state index >= 15 is 0 Å². The van der Waals surface area contributed by atoms with E-state index in [-0.39, 0.29) is 5.82 Å². The second-order valence-corrected chi connectivity index (χ2v) is 6.59. The van der Waals surface area contributed by atoms with Crippen molar-refractivity contribution in [3.05, 3.63) is 65.0 Å². The Morgan fingerprint density at radius 1 is 1.14 bits per heavy atom. The highest BCUT2D eigenvalue weighted by molar-refractivity contribution is 7.98. The molecule has 0 amide bonds. The summed E-state index contributed by atoms with van der Waals surface area (Å²) in [6.07, 6.45) is 0. The maximum atomic E-state index is 13.3. The molecule has 0 atom stereocenters. The second-order valence-electron chi connectivity index (χ2n) is 5.54. The van der Waals surface area contributed by atoms with E-state index in [0.29, 0.717) is 6.04 Å². The third kappa shape index (κ3) is 5.18. The minimum absolute atomic E-state index is 0.161. The minimum atomic E-state index is -0.161. The van der Waals surface area contributed by atoms with Gasteiger partial charge >= 0.3 is 0 Å². The van der Waals surface area contributed by atoms with Gasteiger partial charge in [-0.2, -0.15) is 0 Å². The molecule has 0 heterocycles. The number of halogens is 1. The largest absolute Gasteiger partial charge is 0.310 e. The molecule has 0 radical (unpaired) electrons. The summed E-state index contributed by atoms with van der Waals surface area (Å²) in [5, 5.41) is 3.42. The van der Waals surface area contributed by atoms with Crippen molar-refractivity contribution in [3.8, 4) is 0 Å². The van der Waals surface area contributed by atoms with Gasteiger partial charge in [0.05, 0.1) is 0 Å². The van der Waals surface area contributed by atoms with Crippen LogP contribution in [0.2, 0.25) is 0 Å². The van der Waals surface area contributed by atoms with Crippen molar-refractivity contribution in [3.63, 3.8) is 0 Å². The van der Waals surface area contributed by atoms with Gasteiger partial charge < -0.3 is 5.32 Å². The maximum absolute atomic E-state index is 13.3. The van der Waals surface area contributed by atoms with Gasteiger partial charge in [0.2, 0.25) is 0 Å².